The maximum absolute atomic E-state index is 12.8. The highest BCUT2D eigenvalue weighted by Crippen LogP contribution is 2.24. The summed E-state index contributed by atoms with van der Waals surface area (Å²) in [6.07, 6.45) is 4.54. The van der Waals surface area contributed by atoms with E-state index >= 15 is 0 Å². The van der Waals surface area contributed by atoms with Crippen molar-refractivity contribution in [3.05, 3.63) is 64.7 Å². The Morgan fingerprint density at radius 1 is 1.43 bits per heavy atom. The fourth-order valence-electron chi connectivity index (χ4n) is 2.89. The molecule has 1 heterocycles. The van der Waals surface area contributed by atoms with Crippen LogP contribution >= 0.6 is 0 Å². The van der Waals surface area contributed by atoms with Crippen molar-refractivity contribution in [2.75, 3.05) is 20.2 Å². The molecule has 0 saturated carbocycles. The molecule has 0 aliphatic carbocycles. The van der Waals surface area contributed by atoms with Gasteiger partial charge in [-0.15, -0.1) is 0 Å². The maximum atomic E-state index is 12.8. The molecule has 1 aromatic rings. The Bertz CT molecular complexity index is 837. The number of hydrogen-bond acceptors (Lipinski definition) is 5. The first-order chi connectivity index (χ1) is 13.4. The number of carbonyl (C=O) groups excluding carboxylic acids is 1. The SMILES string of the molecule is C=C(C)/C(CN1C=C(NC(=O)c2cccc(C)c2N=CCC)CN1)=C(/C)OC. The fourth-order valence-corrected chi connectivity index (χ4v) is 2.89. The lowest BCUT2D eigenvalue weighted by molar-refractivity contribution is 0.0966. The lowest BCUT2D eigenvalue weighted by Crippen LogP contribution is -2.32. The number of benzene rings is 1. The summed E-state index contributed by atoms with van der Waals surface area (Å²) in [6, 6.07) is 5.64. The quantitative estimate of drug-likeness (QED) is 0.405. The predicted molar refractivity (Wildman–Crippen MR) is 114 cm³/mol. The summed E-state index contributed by atoms with van der Waals surface area (Å²) >= 11 is 0. The zero-order chi connectivity index (χ0) is 20.7. The van der Waals surface area contributed by atoms with Crippen molar-refractivity contribution in [2.45, 2.75) is 34.1 Å². The van der Waals surface area contributed by atoms with Crippen LogP contribution in [0.4, 0.5) is 5.69 Å². The number of amides is 1. The van der Waals surface area contributed by atoms with E-state index in [0.717, 1.165) is 34.6 Å². The van der Waals surface area contributed by atoms with E-state index in [1.54, 1.807) is 13.2 Å². The number of hydrogen-bond donors (Lipinski definition) is 2. The smallest absolute Gasteiger partial charge is 0.257 e. The van der Waals surface area contributed by atoms with Gasteiger partial charge in [-0.2, -0.15) is 0 Å². The number of aryl methyl sites for hydroxylation is 1. The van der Waals surface area contributed by atoms with E-state index in [9.17, 15) is 4.79 Å². The third kappa shape index (κ3) is 5.33. The Balaban J connectivity index is 2.14. The number of aliphatic imine (C=N–C) groups is 1. The van der Waals surface area contributed by atoms with E-state index in [0.29, 0.717) is 24.3 Å². The molecular weight excluding hydrogens is 352 g/mol. The molecule has 150 valence electrons. The predicted octanol–water partition coefficient (Wildman–Crippen LogP) is 4.00. The van der Waals surface area contributed by atoms with Gasteiger partial charge >= 0.3 is 0 Å². The van der Waals surface area contributed by atoms with E-state index < -0.39 is 0 Å². The first-order valence-electron chi connectivity index (χ1n) is 9.41. The summed E-state index contributed by atoms with van der Waals surface area (Å²) in [5.41, 5.74) is 8.29. The fraction of sp³-hybridized carbons (Fsp3) is 0.364. The average Bonchev–Trinajstić information content (AvgIpc) is 3.11. The highest BCUT2D eigenvalue weighted by atomic mass is 16.5. The van der Waals surface area contributed by atoms with Crippen LogP contribution in [0.1, 0.15) is 43.1 Å². The van der Waals surface area contributed by atoms with E-state index in [1.165, 1.54) is 0 Å². The molecule has 28 heavy (non-hydrogen) atoms. The molecule has 0 bridgehead atoms. The topological polar surface area (TPSA) is 66.0 Å². The minimum Gasteiger partial charge on any atom is -0.501 e. The summed E-state index contributed by atoms with van der Waals surface area (Å²) in [4.78, 5) is 17.3. The van der Waals surface area contributed by atoms with E-state index in [4.69, 9.17) is 4.74 Å². The average molecular weight is 383 g/mol. The maximum Gasteiger partial charge on any atom is 0.257 e. The minimum atomic E-state index is -0.161. The van der Waals surface area contributed by atoms with Gasteiger partial charge in [-0.05, 0) is 44.4 Å². The van der Waals surface area contributed by atoms with Crippen LogP contribution in [0.3, 0.4) is 0 Å². The third-order valence-corrected chi connectivity index (χ3v) is 4.52. The summed E-state index contributed by atoms with van der Waals surface area (Å²) in [7, 11) is 1.65. The number of methoxy groups -OCH3 is 1. The highest BCUT2D eigenvalue weighted by molar-refractivity contribution is 6.01. The molecule has 2 rings (SSSR count). The van der Waals surface area contributed by atoms with Gasteiger partial charge in [0.15, 0.2) is 0 Å². The second-order valence-corrected chi connectivity index (χ2v) is 6.78. The lowest BCUT2D eigenvalue weighted by atomic mass is 10.1. The molecule has 0 spiro atoms. The van der Waals surface area contributed by atoms with Crippen LogP contribution in [-0.4, -0.2) is 37.3 Å². The Kier molecular flexibility index (Phi) is 7.58. The van der Waals surface area contributed by atoms with Crippen molar-refractivity contribution < 1.29 is 9.53 Å². The number of nitrogens with zero attached hydrogens (tertiary/aromatic N) is 2. The van der Waals surface area contributed by atoms with Crippen LogP contribution in [0.2, 0.25) is 0 Å². The molecule has 0 aromatic heterocycles. The molecule has 0 radical (unpaired) electrons. The monoisotopic (exact) mass is 382 g/mol. The lowest BCUT2D eigenvalue weighted by Gasteiger charge is -2.19. The van der Waals surface area contributed by atoms with Gasteiger partial charge in [0, 0.05) is 18.0 Å². The standard InChI is InChI=1S/C22H30N4O2/c1-7-11-23-21-16(4)9-8-10-19(21)22(27)25-18-12-24-26(13-18)14-20(15(2)3)17(5)28-6/h8-11,13,24H,2,7,12,14H2,1,3-6H3,(H,25,27)/b20-17-,23-11?. The van der Waals surface area contributed by atoms with Crippen molar-refractivity contribution in [1.29, 1.82) is 0 Å². The van der Waals surface area contributed by atoms with Gasteiger partial charge in [-0.1, -0.05) is 25.6 Å². The zero-order valence-electron chi connectivity index (χ0n) is 17.4. The number of rotatable bonds is 8. The molecule has 6 nitrogen and oxygen atoms in total. The molecule has 1 aromatic carbocycles. The molecular formula is C22H30N4O2. The minimum absolute atomic E-state index is 0.161. The van der Waals surface area contributed by atoms with Gasteiger partial charge in [-0.3, -0.25) is 9.79 Å². The van der Waals surface area contributed by atoms with Crippen LogP contribution in [0, 0.1) is 6.92 Å². The van der Waals surface area contributed by atoms with Gasteiger partial charge < -0.3 is 15.1 Å². The van der Waals surface area contributed by atoms with Crippen molar-refractivity contribution in [2.24, 2.45) is 4.99 Å². The van der Waals surface area contributed by atoms with Gasteiger partial charge in [0.2, 0.25) is 0 Å². The number of para-hydroxylation sites is 1. The van der Waals surface area contributed by atoms with Crippen molar-refractivity contribution in [1.82, 2.24) is 15.8 Å². The Morgan fingerprint density at radius 2 is 2.18 bits per heavy atom. The van der Waals surface area contributed by atoms with Crippen LogP contribution in [0.15, 0.2) is 58.6 Å². The highest BCUT2D eigenvalue weighted by Gasteiger charge is 2.19. The first-order valence-corrected chi connectivity index (χ1v) is 9.41. The first kappa shape index (κ1) is 21.4. The molecule has 2 N–H and O–H groups in total. The Labute approximate surface area is 167 Å². The van der Waals surface area contributed by atoms with E-state index in [2.05, 4.69) is 22.3 Å². The van der Waals surface area contributed by atoms with Gasteiger partial charge in [0.25, 0.3) is 5.91 Å². The normalized spacial score (nSPS) is 14.8. The van der Waals surface area contributed by atoms with Crippen LogP contribution in [-0.2, 0) is 4.74 Å². The molecule has 0 unspecified atom stereocenters. The van der Waals surface area contributed by atoms with Gasteiger partial charge in [0.1, 0.15) is 0 Å². The van der Waals surface area contributed by atoms with Gasteiger partial charge in [-0.25, -0.2) is 5.43 Å². The molecule has 0 atom stereocenters. The van der Waals surface area contributed by atoms with Crippen LogP contribution < -0.4 is 10.7 Å². The number of ether oxygens (including phenoxy) is 1. The molecule has 0 fully saturated rings. The van der Waals surface area contributed by atoms with E-state index in [-0.39, 0.29) is 5.91 Å². The summed E-state index contributed by atoms with van der Waals surface area (Å²) in [5, 5.41) is 4.91. The Hall–Kier alpha value is -2.86. The number of allylic oxidation sites excluding steroid dienone is 1. The summed E-state index contributed by atoms with van der Waals surface area (Å²) in [6.45, 7) is 13.0. The van der Waals surface area contributed by atoms with Crippen molar-refractivity contribution in [3.8, 4) is 0 Å². The number of hydrazine groups is 1. The van der Waals surface area contributed by atoms with Gasteiger partial charge in [0.05, 0.1) is 42.9 Å². The number of carbonyl (C=O) groups is 1. The van der Waals surface area contributed by atoms with Crippen molar-refractivity contribution in [3.63, 3.8) is 0 Å². The summed E-state index contributed by atoms with van der Waals surface area (Å²) in [5.74, 6) is 0.670. The molecule has 6 heteroatoms. The second-order valence-electron chi connectivity index (χ2n) is 6.78. The zero-order valence-corrected chi connectivity index (χ0v) is 17.4. The second kappa shape index (κ2) is 9.90. The largest absolute Gasteiger partial charge is 0.501 e. The molecule has 1 aliphatic rings. The molecule has 1 amide bonds. The van der Waals surface area contributed by atoms with Crippen molar-refractivity contribution >= 4 is 17.8 Å². The van der Waals surface area contributed by atoms with E-state index in [1.807, 2.05) is 57.3 Å². The van der Waals surface area contributed by atoms with Crippen LogP contribution in [0.25, 0.3) is 0 Å². The number of nitrogens with one attached hydrogen (secondary N) is 2. The Morgan fingerprint density at radius 3 is 2.82 bits per heavy atom. The molecule has 1 aliphatic heterocycles. The third-order valence-electron chi connectivity index (χ3n) is 4.52. The summed E-state index contributed by atoms with van der Waals surface area (Å²) < 4.78 is 5.35. The van der Waals surface area contributed by atoms with Crippen LogP contribution in [0.5, 0.6) is 0 Å². The molecule has 0 saturated heterocycles.